The van der Waals surface area contributed by atoms with Gasteiger partial charge in [-0.15, -0.1) is 5.06 Å². The van der Waals surface area contributed by atoms with E-state index in [1.54, 1.807) is 0 Å². The molecule has 0 bridgehead atoms. The average Bonchev–Trinajstić information content (AvgIpc) is 3.43. The van der Waals surface area contributed by atoms with E-state index >= 15 is 0 Å². The van der Waals surface area contributed by atoms with Crippen molar-refractivity contribution in [2.24, 2.45) is 4.99 Å². The van der Waals surface area contributed by atoms with Gasteiger partial charge < -0.3 is 25.1 Å². The zero-order chi connectivity index (χ0) is 31.1. The number of benzene rings is 3. The molecule has 1 unspecified atom stereocenters. The standard InChI is InChI=1S/C32H31N5O7/c1-31(2)22-9-5-6-10-23(22)36(32(31)19-35-30-21-8-4-3-7-20(21)11-12-24(30)43-32)16-15-25(38)33-17-26(39)34-18-29(42)44-37-27(40)13-14-28(37)41/h3-12,19H,13-18H2,1-2H3,(H,33,38)(H,34,39). The minimum absolute atomic E-state index is 0.0322. The van der Waals surface area contributed by atoms with Gasteiger partial charge in [-0.3, -0.25) is 24.2 Å². The maximum Gasteiger partial charge on any atom is 0.352 e. The molecule has 0 radical (unpaired) electrons. The van der Waals surface area contributed by atoms with Crippen molar-refractivity contribution in [1.82, 2.24) is 15.7 Å². The average molecular weight is 598 g/mol. The topological polar surface area (TPSA) is 147 Å². The van der Waals surface area contributed by atoms with E-state index < -0.39 is 41.4 Å². The number of rotatable bonds is 8. The number of hydrogen-bond acceptors (Lipinski definition) is 9. The molecule has 44 heavy (non-hydrogen) atoms. The number of anilines is 1. The number of fused-ring (bicyclic) bond motifs is 4. The van der Waals surface area contributed by atoms with Gasteiger partial charge in [0.25, 0.3) is 11.8 Å². The molecule has 3 aromatic rings. The molecule has 226 valence electrons. The molecule has 1 spiro atoms. The number of amides is 4. The van der Waals surface area contributed by atoms with Gasteiger partial charge in [-0.05, 0) is 36.9 Å². The highest BCUT2D eigenvalue weighted by Gasteiger charge is 2.59. The third kappa shape index (κ3) is 4.91. The molecule has 2 N–H and O–H groups in total. The zero-order valence-corrected chi connectivity index (χ0v) is 24.3. The summed E-state index contributed by atoms with van der Waals surface area (Å²) in [6.45, 7) is 3.51. The summed E-state index contributed by atoms with van der Waals surface area (Å²) < 4.78 is 6.84. The Labute approximate surface area is 252 Å². The van der Waals surface area contributed by atoms with Crippen LogP contribution >= 0.6 is 0 Å². The Morgan fingerprint density at radius 1 is 0.909 bits per heavy atom. The van der Waals surface area contributed by atoms with Crippen LogP contribution in [0.25, 0.3) is 10.8 Å². The number of carbonyl (C=O) groups is 5. The lowest BCUT2D eigenvalue weighted by Crippen LogP contribution is -2.62. The summed E-state index contributed by atoms with van der Waals surface area (Å²) in [5.41, 5.74) is 1.19. The van der Waals surface area contributed by atoms with Crippen molar-refractivity contribution >= 4 is 58.0 Å². The van der Waals surface area contributed by atoms with Crippen LogP contribution in [0.1, 0.15) is 38.7 Å². The molecule has 3 aliphatic heterocycles. The van der Waals surface area contributed by atoms with Gasteiger partial charge >= 0.3 is 5.97 Å². The van der Waals surface area contributed by atoms with Gasteiger partial charge in [0.1, 0.15) is 18.0 Å². The van der Waals surface area contributed by atoms with Crippen molar-refractivity contribution in [2.45, 2.75) is 44.2 Å². The molecule has 12 nitrogen and oxygen atoms in total. The fourth-order valence-corrected chi connectivity index (χ4v) is 5.95. The summed E-state index contributed by atoms with van der Waals surface area (Å²) >= 11 is 0. The Balaban J connectivity index is 1.11. The van der Waals surface area contributed by atoms with Crippen molar-refractivity contribution in [3.05, 3.63) is 66.2 Å². The molecule has 3 heterocycles. The van der Waals surface area contributed by atoms with Crippen molar-refractivity contribution in [3.63, 3.8) is 0 Å². The van der Waals surface area contributed by atoms with E-state index in [0.29, 0.717) is 10.8 Å². The second-order valence-corrected chi connectivity index (χ2v) is 11.3. The van der Waals surface area contributed by atoms with E-state index in [4.69, 9.17) is 14.6 Å². The molecular formula is C32H31N5O7. The predicted molar refractivity (Wildman–Crippen MR) is 160 cm³/mol. The molecule has 6 rings (SSSR count). The highest BCUT2D eigenvalue weighted by molar-refractivity contribution is 6.02. The minimum Gasteiger partial charge on any atom is -0.459 e. The number of nitrogens with one attached hydrogen (secondary N) is 2. The van der Waals surface area contributed by atoms with Crippen molar-refractivity contribution in [3.8, 4) is 5.75 Å². The summed E-state index contributed by atoms with van der Waals surface area (Å²) in [5.74, 6) is -2.57. The lowest BCUT2D eigenvalue weighted by atomic mass is 9.77. The first-order valence-electron chi connectivity index (χ1n) is 14.3. The highest BCUT2D eigenvalue weighted by Crippen LogP contribution is 2.54. The fourth-order valence-electron chi connectivity index (χ4n) is 5.95. The van der Waals surface area contributed by atoms with E-state index in [-0.39, 0.29) is 38.3 Å². The maximum atomic E-state index is 12.9. The van der Waals surface area contributed by atoms with E-state index in [0.717, 1.165) is 27.7 Å². The molecule has 1 fully saturated rings. The van der Waals surface area contributed by atoms with Crippen LogP contribution in [0, 0.1) is 0 Å². The molecule has 0 saturated carbocycles. The zero-order valence-electron chi connectivity index (χ0n) is 24.3. The number of nitrogens with zero attached hydrogens (tertiary/aromatic N) is 3. The maximum absolute atomic E-state index is 12.9. The van der Waals surface area contributed by atoms with Crippen LogP contribution in [-0.2, 0) is 34.2 Å². The van der Waals surface area contributed by atoms with Crippen molar-refractivity contribution in [2.75, 3.05) is 24.5 Å². The summed E-state index contributed by atoms with van der Waals surface area (Å²) in [6.07, 6.45) is 1.81. The Morgan fingerprint density at radius 2 is 1.61 bits per heavy atom. The first-order valence-corrected chi connectivity index (χ1v) is 14.3. The second-order valence-electron chi connectivity index (χ2n) is 11.3. The third-order valence-electron chi connectivity index (χ3n) is 8.30. The molecule has 0 aromatic heterocycles. The fraction of sp³-hybridized carbons (Fsp3) is 0.312. The number of carbonyl (C=O) groups excluding carboxylic acids is 5. The Kier molecular flexibility index (Phi) is 7.28. The van der Waals surface area contributed by atoms with Crippen LogP contribution in [0.3, 0.4) is 0 Å². The summed E-state index contributed by atoms with van der Waals surface area (Å²) in [5, 5.41) is 7.32. The number of imide groups is 1. The minimum atomic E-state index is -1.01. The van der Waals surface area contributed by atoms with Crippen LogP contribution in [0.2, 0.25) is 0 Å². The van der Waals surface area contributed by atoms with Gasteiger partial charge in [0, 0.05) is 36.9 Å². The lowest BCUT2D eigenvalue weighted by molar-refractivity contribution is -0.196. The molecule has 3 aromatic carbocycles. The molecule has 1 atom stereocenters. The van der Waals surface area contributed by atoms with Gasteiger partial charge in [-0.25, -0.2) is 4.79 Å². The molecule has 1 saturated heterocycles. The SMILES string of the molecule is CC1(C)c2ccccc2N(CCC(=O)NCC(=O)NCC(=O)ON2C(=O)CCC2=O)C12C=Nc1c(ccc3ccccc13)O2. The number of para-hydroxylation sites is 1. The molecule has 4 amide bonds. The van der Waals surface area contributed by atoms with Crippen molar-refractivity contribution in [1.29, 1.82) is 0 Å². The van der Waals surface area contributed by atoms with Crippen LogP contribution < -0.4 is 20.3 Å². The van der Waals surface area contributed by atoms with Gasteiger partial charge in [0.2, 0.25) is 17.5 Å². The van der Waals surface area contributed by atoms with Crippen LogP contribution in [0.15, 0.2) is 65.7 Å². The third-order valence-corrected chi connectivity index (χ3v) is 8.30. The van der Waals surface area contributed by atoms with Gasteiger partial charge in [-0.1, -0.05) is 48.5 Å². The first-order chi connectivity index (χ1) is 21.1. The Bertz CT molecular complexity index is 1720. The largest absolute Gasteiger partial charge is 0.459 e. The first kappa shape index (κ1) is 28.8. The number of aliphatic imine (C=N–C) groups is 1. The molecular weight excluding hydrogens is 566 g/mol. The van der Waals surface area contributed by atoms with E-state index in [2.05, 4.69) is 30.5 Å². The monoisotopic (exact) mass is 597 g/mol. The van der Waals surface area contributed by atoms with E-state index in [1.165, 1.54) is 0 Å². The Morgan fingerprint density at radius 3 is 2.41 bits per heavy atom. The lowest BCUT2D eigenvalue weighted by Gasteiger charge is -2.46. The number of hydroxylamine groups is 2. The number of ether oxygens (including phenoxy) is 1. The smallest absolute Gasteiger partial charge is 0.352 e. The Hall–Kier alpha value is -5.26. The highest BCUT2D eigenvalue weighted by atomic mass is 16.7. The predicted octanol–water partition coefficient (Wildman–Crippen LogP) is 2.66. The van der Waals surface area contributed by atoms with Gasteiger partial charge in [-0.2, -0.15) is 0 Å². The van der Waals surface area contributed by atoms with E-state index in [9.17, 15) is 24.0 Å². The van der Waals surface area contributed by atoms with Crippen molar-refractivity contribution < 1.29 is 33.5 Å². The molecule has 3 aliphatic rings. The molecule has 12 heteroatoms. The second kappa shape index (κ2) is 11.1. The quantitative estimate of drug-likeness (QED) is 0.377. The summed E-state index contributed by atoms with van der Waals surface area (Å²) in [7, 11) is 0. The van der Waals surface area contributed by atoms with Crippen LogP contribution in [0.5, 0.6) is 5.75 Å². The van der Waals surface area contributed by atoms with Gasteiger partial charge in [0.15, 0.2) is 0 Å². The summed E-state index contributed by atoms with van der Waals surface area (Å²) in [6, 6.07) is 19.9. The van der Waals surface area contributed by atoms with Gasteiger partial charge in [0.05, 0.1) is 18.2 Å². The normalized spacial score (nSPS) is 19.5. The molecule has 0 aliphatic carbocycles. The van der Waals surface area contributed by atoms with Crippen LogP contribution in [0.4, 0.5) is 11.4 Å². The summed E-state index contributed by atoms with van der Waals surface area (Å²) in [4.78, 5) is 71.9. The van der Waals surface area contributed by atoms with E-state index in [1.807, 2.05) is 65.7 Å². The number of hydrogen-bond donors (Lipinski definition) is 2. The van der Waals surface area contributed by atoms with Crippen LogP contribution in [-0.4, -0.2) is 66.2 Å².